The van der Waals surface area contributed by atoms with Gasteiger partial charge in [0.1, 0.15) is 18.1 Å². The van der Waals surface area contributed by atoms with E-state index in [0.717, 1.165) is 24.0 Å². The second-order valence-corrected chi connectivity index (χ2v) is 8.92. The number of fused-ring (bicyclic) bond motifs is 1. The smallest absolute Gasteiger partial charge is 0.263 e. The van der Waals surface area contributed by atoms with Gasteiger partial charge >= 0.3 is 0 Å². The third kappa shape index (κ3) is 5.20. The summed E-state index contributed by atoms with van der Waals surface area (Å²) >= 11 is 0. The first-order valence-electron chi connectivity index (χ1n) is 9.52. The van der Waals surface area contributed by atoms with E-state index >= 15 is 0 Å². The van der Waals surface area contributed by atoms with Gasteiger partial charge in [0.2, 0.25) is 10.0 Å². The maximum absolute atomic E-state index is 12.5. The summed E-state index contributed by atoms with van der Waals surface area (Å²) in [7, 11) is -3.54. The van der Waals surface area contributed by atoms with E-state index in [0.29, 0.717) is 18.0 Å². The fraction of sp³-hybridized carbons (Fsp3) is 0.381. The lowest BCUT2D eigenvalue weighted by Crippen LogP contribution is -2.51. The van der Waals surface area contributed by atoms with E-state index in [-0.39, 0.29) is 19.0 Å². The zero-order chi connectivity index (χ0) is 21.0. The van der Waals surface area contributed by atoms with Crippen LogP contribution in [0, 0.1) is 6.92 Å². The van der Waals surface area contributed by atoms with Gasteiger partial charge in [-0.1, -0.05) is 25.1 Å². The highest BCUT2D eigenvalue weighted by atomic mass is 32.2. The van der Waals surface area contributed by atoms with Crippen LogP contribution in [0.25, 0.3) is 0 Å². The highest BCUT2D eigenvalue weighted by Crippen LogP contribution is 2.35. The number of rotatable bonds is 7. The monoisotopic (exact) mass is 418 g/mol. The van der Waals surface area contributed by atoms with Gasteiger partial charge in [-0.2, -0.15) is 0 Å². The molecular weight excluding hydrogens is 392 g/mol. The molecule has 0 aromatic heterocycles. The number of anilines is 1. The average molecular weight is 419 g/mol. The Morgan fingerprint density at radius 2 is 1.97 bits per heavy atom. The van der Waals surface area contributed by atoms with Crippen molar-refractivity contribution in [2.24, 2.45) is 0 Å². The van der Waals surface area contributed by atoms with Crippen molar-refractivity contribution in [2.75, 3.05) is 30.3 Å². The van der Waals surface area contributed by atoms with Crippen molar-refractivity contribution in [1.82, 2.24) is 5.32 Å². The summed E-state index contributed by atoms with van der Waals surface area (Å²) in [6.45, 7) is 4.48. The van der Waals surface area contributed by atoms with Crippen molar-refractivity contribution in [2.45, 2.75) is 26.4 Å². The van der Waals surface area contributed by atoms with Gasteiger partial charge < -0.3 is 14.8 Å². The van der Waals surface area contributed by atoms with Gasteiger partial charge in [-0.05, 0) is 48.7 Å². The average Bonchev–Trinajstić information content (AvgIpc) is 2.69. The van der Waals surface area contributed by atoms with Gasteiger partial charge in [-0.25, -0.2) is 8.42 Å². The quantitative estimate of drug-likeness (QED) is 0.698. The lowest BCUT2D eigenvalue weighted by Gasteiger charge is -2.34. The summed E-state index contributed by atoms with van der Waals surface area (Å²) in [6, 6.07) is 13.0. The second kappa shape index (κ2) is 8.73. The van der Waals surface area contributed by atoms with Crippen LogP contribution in [-0.4, -0.2) is 46.4 Å². The molecule has 2 aromatic rings. The summed E-state index contributed by atoms with van der Waals surface area (Å²) in [4.78, 5) is 12.5. The first kappa shape index (κ1) is 21.0. The summed E-state index contributed by atoms with van der Waals surface area (Å²) in [5.74, 6) is 0.739. The molecule has 0 radical (unpaired) electrons. The van der Waals surface area contributed by atoms with E-state index in [1.165, 1.54) is 9.87 Å². The zero-order valence-corrected chi connectivity index (χ0v) is 17.7. The van der Waals surface area contributed by atoms with Crippen LogP contribution in [0.1, 0.15) is 18.1 Å². The van der Waals surface area contributed by atoms with Gasteiger partial charge in [0.05, 0.1) is 25.0 Å². The standard InChI is InChI=1S/C21H26N2O5S/c1-4-16-6-8-17(9-7-16)27-12-11-22-21(24)20-14-23(29(3,25)26)18-10-5-15(2)13-19(18)28-20/h5-10,13,20H,4,11-12,14H2,1-3H3,(H,22,24). The zero-order valence-electron chi connectivity index (χ0n) is 16.8. The van der Waals surface area contributed by atoms with Crippen molar-refractivity contribution in [3.63, 3.8) is 0 Å². The van der Waals surface area contributed by atoms with E-state index in [9.17, 15) is 13.2 Å². The molecule has 1 aliphatic heterocycles. The number of benzene rings is 2. The maximum atomic E-state index is 12.5. The molecule has 2 aromatic carbocycles. The van der Waals surface area contributed by atoms with Crippen LogP contribution >= 0.6 is 0 Å². The number of amides is 1. The third-order valence-electron chi connectivity index (χ3n) is 4.68. The van der Waals surface area contributed by atoms with E-state index < -0.39 is 16.1 Å². The molecule has 1 N–H and O–H groups in total. The molecule has 29 heavy (non-hydrogen) atoms. The van der Waals surface area contributed by atoms with Gasteiger partial charge in [-0.3, -0.25) is 9.10 Å². The first-order chi connectivity index (χ1) is 13.8. The number of sulfonamides is 1. The molecule has 0 aliphatic carbocycles. The molecule has 0 saturated carbocycles. The number of hydrogen-bond donors (Lipinski definition) is 1. The Kier molecular flexibility index (Phi) is 6.32. The minimum Gasteiger partial charge on any atom is -0.492 e. The largest absolute Gasteiger partial charge is 0.492 e. The summed E-state index contributed by atoms with van der Waals surface area (Å²) in [5, 5.41) is 2.75. The summed E-state index contributed by atoms with van der Waals surface area (Å²) in [5.41, 5.74) is 2.59. The van der Waals surface area contributed by atoms with E-state index in [1.54, 1.807) is 12.1 Å². The fourth-order valence-corrected chi connectivity index (χ4v) is 4.00. The Labute approximate surface area is 171 Å². The molecule has 0 fully saturated rings. The Balaban J connectivity index is 1.59. The van der Waals surface area contributed by atoms with E-state index in [4.69, 9.17) is 9.47 Å². The molecule has 1 heterocycles. The minimum atomic E-state index is -3.54. The molecule has 7 nitrogen and oxygen atoms in total. The molecule has 0 saturated heterocycles. The molecule has 3 rings (SSSR count). The third-order valence-corrected chi connectivity index (χ3v) is 5.83. The topological polar surface area (TPSA) is 84.9 Å². The molecule has 1 aliphatic rings. The Morgan fingerprint density at radius 1 is 1.24 bits per heavy atom. The number of carbonyl (C=O) groups excluding carboxylic acids is 1. The molecular formula is C21H26N2O5S. The maximum Gasteiger partial charge on any atom is 0.263 e. The fourth-order valence-electron chi connectivity index (χ4n) is 3.09. The van der Waals surface area contributed by atoms with Crippen LogP contribution in [0.15, 0.2) is 42.5 Å². The first-order valence-corrected chi connectivity index (χ1v) is 11.4. The molecule has 8 heteroatoms. The van der Waals surface area contributed by atoms with Gasteiger partial charge in [0, 0.05) is 0 Å². The number of aryl methyl sites for hydroxylation is 2. The molecule has 0 spiro atoms. The predicted octanol–water partition coefficient (Wildman–Crippen LogP) is 2.28. The molecule has 0 bridgehead atoms. The van der Waals surface area contributed by atoms with Gasteiger partial charge in [0.25, 0.3) is 5.91 Å². The molecule has 156 valence electrons. The van der Waals surface area contributed by atoms with Crippen LogP contribution in [0.2, 0.25) is 0 Å². The van der Waals surface area contributed by atoms with Gasteiger partial charge in [-0.15, -0.1) is 0 Å². The van der Waals surface area contributed by atoms with Gasteiger partial charge in [0.15, 0.2) is 6.10 Å². The molecule has 1 unspecified atom stereocenters. The number of hydrogen-bond acceptors (Lipinski definition) is 5. The lowest BCUT2D eigenvalue weighted by atomic mass is 10.1. The lowest BCUT2D eigenvalue weighted by molar-refractivity contribution is -0.127. The second-order valence-electron chi connectivity index (χ2n) is 7.01. The summed E-state index contributed by atoms with van der Waals surface area (Å²) in [6.07, 6.45) is 1.15. The van der Waals surface area contributed by atoms with E-state index in [2.05, 4.69) is 12.2 Å². The van der Waals surface area contributed by atoms with Crippen molar-refractivity contribution in [3.8, 4) is 11.5 Å². The van der Waals surface area contributed by atoms with Crippen molar-refractivity contribution >= 4 is 21.6 Å². The Bertz CT molecular complexity index is 973. The minimum absolute atomic E-state index is 0.0694. The van der Waals surface area contributed by atoms with Crippen molar-refractivity contribution < 1.29 is 22.7 Å². The molecule has 1 amide bonds. The van der Waals surface area contributed by atoms with Crippen LogP contribution < -0.4 is 19.1 Å². The Hall–Kier alpha value is -2.74. The summed E-state index contributed by atoms with van der Waals surface area (Å²) < 4.78 is 37.0. The Morgan fingerprint density at radius 3 is 2.62 bits per heavy atom. The normalized spacial score (nSPS) is 16.0. The van der Waals surface area contributed by atoms with Crippen molar-refractivity contribution in [3.05, 3.63) is 53.6 Å². The SMILES string of the molecule is CCc1ccc(OCCNC(=O)C2CN(S(C)(=O)=O)c3ccc(C)cc3O2)cc1. The number of carbonyl (C=O) groups is 1. The number of nitrogens with one attached hydrogen (secondary N) is 1. The highest BCUT2D eigenvalue weighted by Gasteiger charge is 2.34. The molecule has 1 atom stereocenters. The highest BCUT2D eigenvalue weighted by molar-refractivity contribution is 7.92. The van der Waals surface area contributed by atoms with Crippen LogP contribution in [0.5, 0.6) is 11.5 Å². The van der Waals surface area contributed by atoms with Crippen LogP contribution in [0.3, 0.4) is 0 Å². The van der Waals surface area contributed by atoms with E-state index in [1.807, 2.05) is 37.3 Å². The van der Waals surface area contributed by atoms with Crippen LogP contribution in [-0.2, 0) is 21.2 Å². The van der Waals surface area contributed by atoms with Crippen molar-refractivity contribution in [1.29, 1.82) is 0 Å². The van der Waals surface area contributed by atoms with Crippen LogP contribution in [0.4, 0.5) is 5.69 Å². The number of nitrogens with zero attached hydrogens (tertiary/aromatic N) is 1. The predicted molar refractivity (Wildman–Crippen MR) is 112 cm³/mol. The number of ether oxygens (including phenoxy) is 2.